The van der Waals surface area contributed by atoms with E-state index in [0.29, 0.717) is 23.7 Å². The zero-order valence-electron chi connectivity index (χ0n) is 21.1. The van der Waals surface area contributed by atoms with Crippen LogP contribution in [0.4, 0.5) is 0 Å². The summed E-state index contributed by atoms with van der Waals surface area (Å²) in [5, 5.41) is 0. The summed E-state index contributed by atoms with van der Waals surface area (Å²) in [7, 11) is 0. The van der Waals surface area contributed by atoms with Crippen molar-refractivity contribution in [2.24, 2.45) is 28.7 Å². The SMILES string of the molecule is C=C(/C(C)=C/C=C\C)N(CC)CCC(C)CCC(C)C1C=CC=CC1/C(C)=C/N=CC. The van der Waals surface area contributed by atoms with E-state index >= 15 is 0 Å². The van der Waals surface area contributed by atoms with Crippen LogP contribution in [-0.4, -0.2) is 24.2 Å². The summed E-state index contributed by atoms with van der Waals surface area (Å²) in [4.78, 5) is 6.76. The first-order valence-corrected chi connectivity index (χ1v) is 12.1. The second kappa shape index (κ2) is 14.8. The Morgan fingerprint density at radius 1 is 1.10 bits per heavy atom. The molecule has 0 spiro atoms. The van der Waals surface area contributed by atoms with E-state index in [0.717, 1.165) is 18.8 Å². The molecule has 0 radical (unpaired) electrons. The van der Waals surface area contributed by atoms with E-state index in [4.69, 9.17) is 0 Å². The van der Waals surface area contributed by atoms with E-state index in [1.54, 1.807) is 0 Å². The van der Waals surface area contributed by atoms with Crippen LogP contribution >= 0.6 is 0 Å². The van der Waals surface area contributed by atoms with Gasteiger partial charge in [-0.15, -0.1) is 0 Å². The van der Waals surface area contributed by atoms with Crippen molar-refractivity contribution in [2.75, 3.05) is 13.1 Å². The highest BCUT2D eigenvalue weighted by Crippen LogP contribution is 2.35. The van der Waals surface area contributed by atoms with Crippen molar-refractivity contribution >= 4 is 6.21 Å². The van der Waals surface area contributed by atoms with E-state index in [-0.39, 0.29) is 0 Å². The predicted molar refractivity (Wildman–Crippen MR) is 140 cm³/mol. The van der Waals surface area contributed by atoms with Crippen molar-refractivity contribution in [1.29, 1.82) is 0 Å². The highest BCUT2D eigenvalue weighted by atomic mass is 15.1. The number of allylic oxidation sites excluding steroid dienone is 9. The zero-order valence-corrected chi connectivity index (χ0v) is 21.1. The Bertz CT molecular complexity index is 717. The average molecular weight is 423 g/mol. The lowest BCUT2D eigenvalue weighted by Crippen LogP contribution is -2.25. The van der Waals surface area contributed by atoms with Gasteiger partial charge in [-0.05, 0) is 76.4 Å². The lowest BCUT2D eigenvalue weighted by atomic mass is 9.74. The Labute approximate surface area is 192 Å². The third-order valence-electron chi connectivity index (χ3n) is 6.55. The molecule has 31 heavy (non-hydrogen) atoms. The molecule has 2 nitrogen and oxygen atoms in total. The Morgan fingerprint density at radius 3 is 2.45 bits per heavy atom. The minimum absolute atomic E-state index is 0.463. The van der Waals surface area contributed by atoms with Gasteiger partial charge in [0.2, 0.25) is 0 Å². The van der Waals surface area contributed by atoms with Gasteiger partial charge in [0, 0.05) is 37.1 Å². The van der Waals surface area contributed by atoms with Gasteiger partial charge in [0.25, 0.3) is 0 Å². The topological polar surface area (TPSA) is 15.6 Å². The molecule has 0 heterocycles. The minimum atomic E-state index is 0.463. The Kier molecular flexibility index (Phi) is 12.9. The molecular weight excluding hydrogens is 376 g/mol. The van der Waals surface area contributed by atoms with Crippen LogP contribution in [-0.2, 0) is 0 Å². The van der Waals surface area contributed by atoms with Crippen LogP contribution in [0.3, 0.4) is 0 Å². The molecule has 0 aromatic rings. The number of aliphatic imine (C=N–C) groups is 1. The van der Waals surface area contributed by atoms with Crippen molar-refractivity contribution < 1.29 is 0 Å². The molecule has 0 amide bonds. The molecule has 0 bridgehead atoms. The zero-order chi connectivity index (χ0) is 23.2. The minimum Gasteiger partial charge on any atom is -0.372 e. The number of nitrogens with zero attached hydrogens (tertiary/aromatic N) is 2. The molecule has 1 rings (SSSR count). The molecular formula is C29H46N2. The van der Waals surface area contributed by atoms with Crippen molar-refractivity contribution in [3.63, 3.8) is 0 Å². The van der Waals surface area contributed by atoms with E-state index in [1.807, 2.05) is 26.3 Å². The Morgan fingerprint density at radius 2 is 1.81 bits per heavy atom. The van der Waals surface area contributed by atoms with Crippen LogP contribution in [0.25, 0.3) is 0 Å². The maximum absolute atomic E-state index is 4.34. The number of hydrogen-bond donors (Lipinski definition) is 0. The quantitative estimate of drug-likeness (QED) is 0.216. The Balaban J connectivity index is 2.58. The molecule has 4 atom stereocenters. The number of likely N-dealkylation sites (N-methyl/N-ethyl adjacent to an activating group) is 1. The van der Waals surface area contributed by atoms with Crippen LogP contribution in [0.15, 0.2) is 77.1 Å². The second-order valence-corrected chi connectivity index (χ2v) is 9.00. The summed E-state index contributed by atoms with van der Waals surface area (Å²) < 4.78 is 0. The number of hydrogen-bond acceptors (Lipinski definition) is 2. The van der Waals surface area contributed by atoms with Gasteiger partial charge in [-0.25, -0.2) is 0 Å². The summed E-state index contributed by atoms with van der Waals surface area (Å²) in [6.07, 6.45) is 23.1. The molecule has 0 fully saturated rings. The fourth-order valence-corrected chi connectivity index (χ4v) is 4.23. The molecule has 0 aromatic carbocycles. The largest absolute Gasteiger partial charge is 0.372 e. The first kappa shape index (κ1) is 26.9. The smallest absolute Gasteiger partial charge is 0.0322 e. The highest BCUT2D eigenvalue weighted by molar-refractivity contribution is 5.54. The van der Waals surface area contributed by atoms with Gasteiger partial charge >= 0.3 is 0 Å². The first-order valence-electron chi connectivity index (χ1n) is 12.1. The van der Waals surface area contributed by atoms with E-state index in [2.05, 4.69) is 93.6 Å². The van der Waals surface area contributed by atoms with Crippen molar-refractivity contribution in [3.05, 3.63) is 72.2 Å². The van der Waals surface area contributed by atoms with Crippen LogP contribution in [0, 0.1) is 23.7 Å². The third kappa shape index (κ3) is 9.29. The normalized spacial score (nSPS) is 21.8. The predicted octanol–water partition coefficient (Wildman–Crippen LogP) is 8.14. The average Bonchev–Trinajstić information content (AvgIpc) is 2.79. The summed E-state index contributed by atoms with van der Waals surface area (Å²) in [5.41, 5.74) is 3.75. The molecule has 4 unspecified atom stereocenters. The standard InChI is InChI=1S/C29H46N2/c1-9-12-15-24(5)27(8)31(11-3)21-20-23(4)18-19-25(6)28-16-13-14-17-29(28)26(7)22-30-10-2/h9-10,12-17,22-23,25,28-29H,8,11,18-21H2,1-7H3/b12-9-,24-15+,26-22+,30-10?. The second-order valence-electron chi connectivity index (χ2n) is 9.00. The summed E-state index contributed by atoms with van der Waals surface area (Å²) in [6.45, 7) is 21.8. The molecule has 0 aromatic heterocycles. The molecule has 1 aliphatic rings. The monoisotopic (exact) mass is 422 g/mol. The fraction of sp³-hybridized carbons (Fsp3) is 0.552. The maximum atomic E-state index is 4.34. The lowest BCUT2D eigenvalue weighted by Gasteiger charge is -2.31. The van der Waals surface area contributed by atoms with Crippen LogP contribution in [0.2, 0.25) is 0 Å². The van der Waals surface area contributed by atoms with Gasteiger partial charge < -0.3 is 4.90 Å². The van der Waals surface area contributed by atoms with Crippen molar-refractivity contribution in [3.8, 4) is 0 Å². The Hall–Kier alpha value is -2.09. The number of rotatable bonds is 13. The third-order valence-corrected chi connectivity index (χ3v) is 6.55. The van der Waals surface area contributed by atoms with Gasteiger partial charge in [-0.1, -0.05) is 69.4 Å². The molecule has 0 aliphatic heterocycles. The first-order chi connectivity index (χ1) is 14.8. The summed E-state index contributed by atoms with van der Waals surface area (Å²) >= 11 is 0. The van der Waals surface area contributed by atoms with E-state index in [1.165, 1.54) is 30.4 Å². The van der Waals surface area contributed by atoms with Crippen LogP contribution in [0.5, 0.6) is 0 Å². The molecule has 172 valence electrons. The summed E-state index contributed by atoms with van der Waals surface area (Å²) in [6, 6.07) is 0. The molecule has 0 saturated carbocycles. The molecule has 2 heteroatoms. The van der Waals surface area contributed by atoms with Gasteiger partial charge in [-0.2, -0.15) is 0 Å². The van der Waals surface area contributed by atoms with E-state index in [9.17, 15) is 0 Å². The van der Waals surface area contributed by atoms with Crippen molar-refractivity contribution in [1.82, 2.24) is 4.90 Å². The molecule has 1 aliphatic carbocycles. The maximum Gasteiger partial charge on any atom is 0.0322 e. The van der Waals surface area contributed by atoms with Gasteiger partial charge in [-0.3, -0.25) is 4.99 Å². The fourth-order valence-electron chi connectivity index (χ4n) is 4.23. The molecule has 0 N–H and O–H groups in total. The van der Waals surface area contributed by atoms with Gasteiger partial charge in [0.1, 0.15) is 0 Å². The van der Waals surface area contributed by atoms with Crippen LogP contribution < -0.4 is 0 Å². The highest BCUT2D eigenvalue weighted by Gasteiger charge is 2.25. The van der Waals surface area contributed by atoms with Gasteiger partial charge in [0.05, 0.1) is 0 Å². The molecule has 0 saturated heterocycles. The van der Waals surface area contributed by atoms with Crippen molar-refractivity contribution in [2.45, 2.75) is 67.7 Å². The van der Waals surface area contributed by atoms with Crippen LogP contribution in [0.1, 0.15) is 67.7 Å². The van der Waals surface area contributed by atoms with E-state index < -0.39 is 0 Å². The van der Waals surface area contributed by atoms with Gasteiger partial charge in [0.15, 0.2) is 0 Å². The lowest BCUT2D eigenvalue weighted by molar-refractivity contribution is 0.290. The summed E-state index contributed by atoms with van der Waals surface area (Å²) in [5.74, 6) is 2.40.